The molecular weight excluding hydrogens is 94.8 g/mol. The summed E-state index contributed by atoms with van der Waals surface area (Å²) in [5.41, 5.74) is 0. The maximum atomic E-state index is 8.21. The molecule has 0 unspecified atom stereocenters. The van der Waals surface area contributed by atoms with Gasteiger partial charge >= 0.3 is 0 Å². The summed E-state index contributed by atoms with van der Waals surface area (Å²) in [6.07, 6.45) is 0. The molecule has 0 bridgehead atoms. The Morgan fingerprint density at radius 1 is 0.857 bits per heavy atom. The maximum Gasteiger partial charge on any atom is 0.230 e. The van der Waals surface area contributed by atoms with E-state index in [0.29, 0.717) is 0 Å². The van der Waals surface area contributed by atoms with Gasteiger partial charge in [-0.2, -0.15) is 0 Å². The topological polar surface area (TPSA) is 60.7 Å². The molecule has 0 atom stereocenters. The second kappa shape index (κ2) is 4.11. The second-order valence-corrected chi connectivity index (χ2v) is 1.41. The van der Waals surface area contributed by atoms with Gasteiger partial charge in [0.15, 0.2) is 0 Å². The van der Waals surface area contributed by atoms with Crippen molar-refractivity contribution in [3.63, 3.8) is 0 Å². The first-order valence-electron chi connectivity index (χ1n) is 2.17. The van der Waals surface area contributed by atoms with Crippen LogP contribution in [0.4, 0.5) is 0 Å². The van der Waals surface area contributed by atoms with Crippen molar-refractivity contribution < 1.29 is 15.3 Å². The van der Waals surface area contributed by atoms with Crippen molar-refractivity contribution >= 4 is 6.71 Å². The van der Waals surface area contributed by atoms with Crippen LogP contribution in [0.3, 0.4) is 0 Å². The Kier molecular flexibility index (Phi) is 4.08. The number of hydrogen-bond donors (Lipinski definition) is 3. The first-order valence-corrected chi connectivity index (χ1v) is 2.17. The predicted octanol–water partition coefficient (Wildman–Crippen LogP) is -1.92. The Labute approximate surface area is 42.7 Å². The molecule has 4 heteroatoms. The molecule has 0 aliphatic carbocycles. The third-order valence-electron chi connectivity index (χ3n) is 0.775. The fraction of sp³-hybridized carbons (Fsp3) is 1.00. The average Bonchev–Trinajstić information content (AvgIpc) is 1.72. The van der Waals surface area contributed by atoms with E-state index in [0.717, 1.165) is 0 Å². The van der Waals surface area contributed by atoms with Gasteiger partial charge in [-0.25, -0.2) is 0 Å². The van der Waals surface area contributed by atoms with Crippen molar-refractivity contribution in [2.24, 2.45) is 0 Å². The Hall–Kier alpha value is -0.0551. The summed E-state index contributed by atoms with van der Waals surface area (Å²) < 4.78 is 0. The highest BCUT2D eigenvalue weighted by molar-refractivity contribution is 6.58. The van der Waals surface area contributed by atoms with Gasteiger partial charge < -0.3 is 15.3 Å². The van der Waals surface area contributed by atoms with Crippen LogP contribution in [0, 0.1) is 0 Å². The zero-order valence-corrected chi connectivity index (χ0v) is 4.04. The molecule has 0 aliphatic rings. The van der Waals surface area contributed by atoms with Crippen molar-refractivity contribution in [2.45, 2.75) is 0 Å². The van der Waals surface area contributed by atoms with Gasteiger partial charge in [-0.15, -0.1) is 0 Å². The van der Waals surface area contributed by atoms with Crippen LogP contribution < -0.4 is 0 Å². The van der Waals surface area contributed by atoms with E-state index in [-0.39, 0.29) is 26.2 Å². The van der Waals surface area contributed by atoms with Crippen LogP contribution in [-0.4, -0.2) is 41.6 Å². The third-order valence-corrected chi connectivity index (χ3v) is 0.775. The van der Waals surface area contributed by atoms with Crippen LogP contribution in [0.2, 0.25) is 0 Å². The summed E-state index contributed by atoms with van der Waals surface area (Å²) in [6.45, 7) is -0.785. The van der Waals surface area contributed by atoms with E-state index in [9.17, 15) is 0 Å². The Morgan fingerprint density at radius 3 is 1.14 bits per heavy atom. The summed E-state index contributed by atoms with van der Waals surface area (Å²) >= 11 is 0. The minimum Gasteiger partial charge on any atom is -0.404 e. The van der Waals surface area contributed by atoms with E-state index >= 15 is 0 Å². The quantitative estimate of drug-likeness (QED) is 0.365. The molecule has 0 rings (SSSR count). The standard InChI is InChI=1S/C3H9BO3/c5-1-4(2-6)3-7/h5-7H,1-3H2. The molecule has 42 valence electrons. The van der Waals surface area contributed by atoms with Crippen molar-refractivity contribution in [3.8, 4) is 0 Å². The predicted molar refractivity (Wildman–Crippen MR) is 27.0 cm³/mol. The summed E-state index contributed by atoms with van der Waals surface area (Å²) in [5, 5.41) is 24.6. The summed E-state index contributed by atoms with van der Waals surface area (Å²) in [7, 11) is 0. The van der Waals surface area contributed by atoms with Crippen molar-refractivity contribution in [3.05, 3.63) is 0 Å². The van der Waals surface area contributed by atoms with Gasteiger partial charge in [0.1, 0.15) is 0 Å². The van der Waals surface area contributed by atoms with E-state index < -0.39 is 0 Å². The zero-order valence-electron chi connectivity index (χ0n) is 4.04. The zero-order chi connectivity index (χ0) is 5.70. The molecule has 0 saturated carbocycles. The molecule has 0 amide bonds. The first-order chi connectivity index (χ1) is 3.35. The molecule has 0 saturated heterocycles. The van der Waals surface area contributed by atoms with E-state index in [1.54, 1.807) is 0 Å². The molecule has 7 heavy (non-hydrogen) atoms. The summed E-state index contributed by atoms with van der Waals surface area (Å²) in [6, 6.07) is 0. The van der Waals surface area contributed by atoms with E-state index in [4.69, 9.17) is 15.3 Å². The largest absolute Gasteiger partial charge is 0.404 e. The summed E-state index contributed by atoms with van der Waals surface area (Å²) in [5.74, 6) is 0. The number of aliphatic hydroxyl groups excluding tert-OH is 3. The molecule has 0 aromatic heterocycles. The average molecular weight is 104 g/mol. The number of rotatable bonds is 3. The molecule has 0 heterocycles. The van der Waals surface area contributed by atoms with Crippen molar-refractivity contribution in [1.29, 1.82) is 0 Å². The van der Waals surface area contributed by atoms with Gasteiger partial charge in [0, 0.05) is 19.5 Å². The van der Waals surface area contributed by atoms with Gasteiger partial charge in [-0.1, -0.05) is 0 Å². The van der Waals surface area contributed by atoms with Crippen LogP contribution in [0.1, 0.15) is 0 Å². The number of hydrogen-bond acceptors (Lipinski definition) is 3. The van der Waals surface area contributed by atoms with Crippen molar-refractivity contribution in [2.75, 3.05) is 19.5 Å². The maximum absolute atomic E-state index is 8.21. The smallest absolute Gasteiger partial charge is 0.230 e. The highest BCUT2D eigenvalue weighted by atomic mass is 16.3. The Bertz CT molecular complexity index is 31.7. The van der Waals surface area contributed by atoms with Crippen LogP contribution in [0.5, 0.6) is 0 Å². The van der Waals surface area contributed by atoms with Crippen molar-refractivity contribution in [1.82, 2.24) is 0 Å². The fourth-order valence-electron chi connectivity index (χ4n) is 0.173. The number of aliphatic hydroxyl groups is 3. The SMILES string of the molecule is OCB(CO)CO. The van der Waals surface area contributed by atoms with Crippen LogP contribution >= 0.6 is 0 Å². The molecule has 0 fully saturated rings. The third kappa shape index (κ3) is 2.62. The molecule has 0 radical (unpaired) electrons. The highest BCUT2D eigenvalue weighted by Crippen LogP contribution is 1.72. The minimum absolute atomic E-state index is 0.146. The molecule has 0 spiro atoms. The highest BCUT2D eigenvalue weighted by Gasteiger charge is 2.07. The molecule has 0 aromatic carbocycles. The second-order valence-electron chi connectivity index (χ2n) is 1.41. The molecular formula is C3H9BO3. The lowest BCUT2D eigenvalue weighted by Crippen LogP contribution is -2.28. The van der Waals surface area contributed by atoms with E-state index in [2.05, 4.69) is 0 Å². The fourth-order valence-corrected chi connectivity index (χ4v) is 0.173. The first kappa shape index (κ1) is 6.94. The van der Waals surface area contributed by atoms with Crippen LogP contribution in [0.15, 0.2) is 0 Å². The lowest BCUT2D eigenvalue weighted by Gasteiger charge is -1.97. The summed E-state index contributed by atoms with van der Waals surface area (Å²) in [4.78, 5) is 0. The van der Waals surface area contributed by atoms with Crippen LogP contribution in [-0.2, 0) is 0 Å². The van der Waals surface area contributed by atoms with Gasteiger partial charge in [0.05, 0.1) is 0 Å². The van der Waals surface area contributed by atoms with Gasteiger partial charge in [0.25, 0.3) is 0 Å². The van der Waals surface area contributed by atoms with E-state index in [1.165, 1.54) is 0 Å². The molecule has 3 N–H and O–H groups in total. The van der Waals surface area contributed by atoms with Gasteiger partial charge in [-0.05, 0) is 0 Å². The Morgan fingerprint density at radius 2 is 1.14 bits per heavy atom. The normalized spacial score (nSPS) is 9.00. The van der Waals surface area contributed by atoms with Gasteiger partial charge in [-0.3, -0.25) is 0 Å². The molecule has 0 aliphatic heterocycles. The Balaban J connectivity index is 2.99. The van der Waals surface area contributed by atoms with Crippen LogP contribution in [0.25, 0.3) is 0 Å². The lowest BCUT2D eigenvalue weighted by molar-refractivity contribution is 0.299. The van der Waals surface area contributed by atoms with Gasteiger partial charge in [0.2, 0.25) is 6.71 Å². The monoisotopic (exact) mass is 104 g/mol. The molecule has 0 aromatic rings. The lowest BCUT2D eigenvalue weighted by atomic mass is 9.53. The minimum atomic E-state index is -0.347. The van der Waals surface area contributed by atoms with E-state index in [1.807, 2.05) is 0 Å². The molecule has 3 nitrogen and oxygen atoms in total.